The molecule has 2 heterocycles. The summed E-state index contributed by atoms with van der Waals surface area (Å²) in [6.07, 6.45) is 5.26. The maximum atomic E-state index is 4.50. The number of nitrogens with zero attached hydrogens (tertiary/aromatic N) is 3. The molecule has 0 bridgehead atoms. The van der Waals surface area contributed by atoms with Gasteiger partial charge >= 0.3 is 0 Å². The van der Waals surface area contributed by atoms with Gasteiger partial charge in [0, 0.05) is 39.3 Å². The predicted molar refractivity (Wildman–Crippen MR) is 90.8 cm³/mol. The molecule has 2 fully saturated rings. The zero-order valence-corrected chi connectivity index (χ0v) is 14.4. The Morgan fingerprint density at radius 2 is 1.90 bits per heavy atom. The first kappa shape index (κ1) is 16.6. The molecule has 0 aromatic carbocycles. The van der Waals surface area contributed by atoms with E-state index in [9.17, 15) is 0 Å². The topological polar surface area (TPSA) is 30.9 Å². The number of hydrogen-bond acceptors (Lipinski definition) is 2. The lowest BCUT2D eigenvalue weighted by atomic mass is 9.99. The summed E-state index contributed by atoms with van der Waals surface area (Å²) in [5, 5.41) is 3.63. The lowest BCUT2D eigenvalue weighted by Crippen LogP contribution is -2.49. The van der Waals surface area contributed by atoms with Crippen LogP contribution in [-0.4, -0.2) is 61.6 Å². The van der Waals surface area contributed by atoms with Crippen molar-refractivity contribution in [2.45, 2.75) is 52.5 Å². The number of aliphatic imine (C=N–C) groups is 1. The van der Waals surface area contributed by atoms with Crippen LogP contribution in [0.2, 0.25) is 0 Å². The molecule has 2 aliphatic rings. The van der Waals surface area contributed by atoms with Crippen LogP contribution < -0.4 is 5.32 Å². The number of rotatable bonds is 4. The fraction of sp³-hybridized carbons (Fsp3) is 0.941. The normalized spacial score (nSPS) is 25.9. The molecule has 4 nitrogen and oxygen atoms in total. The largest absolute Gasteiger partial charge is 0.355 e. The third kappa shape index (κ3) is 4.87. The van der Waals surface area contributed by atoms with Crippen LogP contribution in [0.1, 0.15) is 46.5 Å². The molecule has 0 aromatic heterocycles. The summed E-state index contributed by atoms with van der Waals surface area (Å²) < 4.78 is 0. The highest BCUT2D eigenvalue weighted by molar-refractivity contribution is 5.80. The summed E-state index contributed by atoms with van der Waals surface area (Å²) in [6.45, 7) is 12.8. The van der Waals surface area contributed by atoms with Crippen molar-refractivity contribution in [1.29, 1.82) is 0 Å². The molecule has 0 unspecified atom stereocenters. The van der Waals surface area contributed by atoms with Crippen LogP contribution in [0.3, 0.4) is 0 Å². The van der Waals surface area contributed by atoms with E-state index in [-0.39, 0.29) is 0 Å². The van der Waals surface area contributed by atoms with Crippen molar-refractivity contribution >= 4 is 5.96 Å². The third-order valence-electron chi connectivity index (χ3n) is 4.89. The lowest BCUT2D eigenvalue weighted by Gasteiger charge is -2.34. The first-order valence-corrected chi connectivity index (χ1v) is 8.79. The maximum absolute atomic E-state index is 4.50. The van der Waals surface area contributed by atoms with E-state index in [4.69, 9.17) is 0 Å². The number of nitrogens with one attached hydrogen (secondary N) is 1. The van der Waals surface area contributed by atoms with Gasteiger partial charge < -0.3 is 10.2 Å². The van der Waals surface area contributed by atoms with Crippen LogP contribution in [0.25, 0.3) is 0 Å². The van der Waals surface area contributed by atoms with E-state index in [0.29, 0.717) is 6.04 Å². The average Bonchev–Trinajstić information content (AvgIpc) is 2.88. The second kappa shape index (κ2) is 8.02. The van der Waals surface area contributed by atoms with E-state index in [1.807, 2.05) is 7.05 Å². The molecule has 122 valence electrons. The van der Waals surface area contributed by atoms with E-state index in [1.165, 1.54) is 38.8 Å². The summed E-state index contributed by atoms with van der Waals surface area (Å²) in [7, 11) is 1.92. The van der Waals surface area contributed by atoms with Gasteiger partial charge in [-0.15, -0.1) is 0 Å². The molecule has 0 aliphatic carbocycles. The fourth-order valence-electron chi connectivity index (χ4n) is 3.60. The highest BCUT2D eigenvalue weighted by Crippen LogP contribution is 2.19. The van der Waals surface area contributed by atoms with Crippen molar-refractivity contribution < 1.29 is 0 Å². The fourth-order valence-corrected chi connectivity index (χ4v) is 3.60. The van der Waals surface area contributed by atoms with Gasteiger partial charge in [-0.25, -0.2) is 0 Å². The molecule has 0 saturated carbocycles. The van der Waals surface area contributed by atoms with Crippen molar-refractivity contribution in [1.82, 2.24) is 15.1 Å². The van der Waals surface area contributed by atoms with Crippen molar-refractivity contribution in [2.24, 2.45) is 16.8 Å². The lowest BCUT2D eigenvalue weighted by molar-refractivity contribution is 0.222. The van der Waals surface area contributed by atoms with Crippen molar-refractivity contribution in [3.05, 3.63) is 0 Å². The number of piperidine rings is 1. The smallest absolute Gasteiger partial charge is 0.193 e. The zero-order chi connectivity index (χ0) is 15.2. The summed E-state index contributed by atoms with van der Waals surface area (Å²) in [4.78, 5) is 9.58. The molecular formula is C17H34N4. The predicted octanol–water partition coefficient (Wildman–Crippen LogP) is 2.41. The molecule has 0 spiro atoms. The number of hydrogen-bond donors (Lipinski definition) is 1. The summed E-state index contributed by atoms with van der Waals surface area (Å²) in [5.41, 5.74) is 0. The van der Waals surface area contributed by atoms with Gasteiger partial charge in [-0.3, -0.25) is 9.89 Å². The van der Waals surface area contributed by atoms with Gasteiger partial charge in [-0.05, 0) is 44.1 Å². The summed E-state index contributed by atoms with van der Waals surface area (Å²) in [6, 6.07) is 0.688. The van der Waals surface area contributed by atoms with Gasteiger partial charge in [0.15, 0.2) is 5.96 Å². The van der Waals surface area contributed by atoms with Gasteiger partial charge in [0.1, 0.15) is 0 Å². The molecule has 21 heavy (non-hydrogen) atoms. The minimum Gasteiger partial charge on any atom is -0.355 e. The molecule has 1 N–H and O–H groups in total. The van der Waals surface area contributed by atoms with Gasteiger partial charge in [0.2, 0.25) is 0 Å². The molecule has 0 radical (unpaired) electrons. The van der Waals surface area contributed by atoms with Crippen LogP contribution in [0.4, 0.5) is 0 Å². The highest BCUT2D eigenvalue weighted by Gasteiger charge is 2.26. The molecule has 2 aliphatic heterocycles. The average molecular weight is 294 g/mol. The Hall–Kier alpha value is -0.770. The first-order valence-electron chi connectivity index (χ1n) is 8.79. The third-order valence-corrected chi connectivity index (χ3v) is 4.89. The van der Waals surface area contributed by atoms with Gasteiger partial charge in [0.25, 0.3) is 0 Å². The molecule has 2 rings (SSSR count). The maximum Gasteiger partial charge on any atom is 0.193 e. The van der Waals surface area contributed by atoms with E-state index in [2.05, 4.69) is 40.9 Å². The van der Waals surface area contributed by atoms with Gasteiger partial charge in [0.05, 0.1) is 0 Å². The van der Waals surface area contributed by atoms with E-state index in [0.717, 1.165) is 37.4 Å². The van der Waals surface area contributed by atoms with E-state index in [1.54, 1.807) is 0 Å². The second-order valence-electron chi connectivity index (χ2n) is 7.28. The van der Waals surface area contributed by atoms with Crippen molar-refractivity contribution in [3.63, 3.8) is 0 Å². The Balaban J connectivity index is 1.80. The molecule has 4 heteroatoms. The first-order chi connectivity index (χ1) is 10.1. The number of likely N-dealkylation sites (tertiary alicyclic amines) is 2. The van der Waals surface area contributed by atoms with Crippen LogP contribution in [0.5, 0.6) is 0 Å². The van der Waals surface area contributed by atoms with Crippen molar-refractivity contribution in [3.8, 4) is 0 Å². The monoisotopic (exact) mass is 294 g/mol. The summed E-state index contributed by atoms with van der Waals surface area (Å²) >= 11 is 0. The Morgan fingerprint density at radius 3 is 2.52 bits per heavy atom. The number of guanidine groups is 1. The second-order valence-corrected chi connectivity index (χ2v) is 7.28. The molecule has 1 atom stereocenters. The minimum absolute atomic E-state index is 0.688. The Kier molecular flexibility index (Phi) is 6.34. The van der Waals surface area contributed by atoms with Crippen LogP contribution in [0.15, 0.2) is 4.99 Å². The Morgan fingerprint density at radius 1 is 1.19 bits per heavy atom. The highest BCUT2D eigenvalue weighted by atomic mass is 15.3. The standard InChI is InChI=1S/C17H34N4/c1-14(2)13-21-9-5-6-16(21)12-19-17(18-4)20-10-7-15(3)8-11-20/h14-16H,5-13H2,1-4H3,(H,18,19)/t16-/m1/s1. The van der Waals surface area contributed by atoms with E-state index >= 15 is 0 Å². The molecular weight excluding hydrogens is 260 g/mol. The molecule has 2 saturated heterocycles. The quantitative estimate of drug-likeness (QED) is 0.638. The SMILES string of the molecule is CN=C(NC[C@H]1CCCN1CC(C)C)N1CCC(C)CC1. The van der Waals surface area contributed by atoms with Crippen molar-refractivity contribution in [2.75, 3.05) is 39.8 Å². The molecule has 0 aromatic rings. The Labute approximate surface area is 131 Å². The van der Waals surface area contributed by atoms with Crippen LogP contribution >= 0.6 is 0 Å². The van der Waals surface area contributed by atoms with E-state index < -0.39 is 0 Å². The van der Waals surface area contributed by atoms with Gasteiger partial charge in [-0.2, -0.15) is 0 Å². The van der Waals surface area contributed by atoms with Crippen LogP contribution in [0, 0.1) is 11.8 Å². The Bertz CT molecular complexity index is 332. The van der Waals surface area contributed by atoms with Crippen LogP contribution in [-0.2, 0) is 0 Å². The summed E-state index contributed by atoms with van der Waals surface area (Å²) in [5.74, 6) is 2.74. The van der Waals surface area contributed by atoms with Gasteiger partial charge in [-0.1, -0.05) is 20.8 Å². The minimum atomic E-state index is 0.688. The molecule has 0 amide bonds. The zero-order valence-electron chi connectivity index (χ0n) is 14.4.